The molecule has 0 fully saturated rings. The van der Waals surface area contributed by atoms with Crippen molar-refractivity contribution in [2.24, 2.45) is 12.5 Å². The Hall–Kier alpha value is -1.16. The van der Waals surface area contributed by atoms with Crippen molar-refractivity contribution in [3.63, 3.8) is 0 Å². The van der Waals surface area contributed by atoms with Gasteiger partial charge in [-0.2, -0.15) is 5.10 Å². The van der Waals surface area contributed by atoms with Gasteiger partial charge in [-0.25, -0.2) is 4.98 Å². The molecule has 4 nitrogen and oxygen atoms in total. The van der Waals surface area contributed by atoms with Crippen LogP contribution in [0.1, 0.15) is 12.7 Å². The Morgan fingerprint density at radius 1 is 1.77 bits per heavy atom. The van der Waals surface area contributed by atoms with Crippen LogP contribution in [-0.2, 0) is 13.5 Å². The van der Waals surface area contributed by atoms with Gasteiger partial charge in [-0.15, -0.1) is 6.58 Å². The summed E-state index contributed by atoms with van der Waals surface area (Å²) in [6.45, 7) is 5.71. The zero-order valence-corrected chi connectivity index (χ0v) is 8.06. The molecule has 1 unspecified atom stereocenters. The van der Waals surface area contributed by atoms with Crippen LogP contribution in [0.4, 0.5) is 0 Å². The zero-order chi connectivity index (χ0) is 9.90. The third kappa shape index (κ3) is 2.15. The number of aliphatic hydroxyl groups is 1. The van der Waals surface area contributed by atoms with Gasteiger partial charge in [0.25, 0.3) is 0 Å². The Labute approximate surface area is 77.9 Å². The number of aryl methyl sites for hydroxylation is 1. The molecule has 0 aliphatic heterocycles. The first-order valence-corrected chi connectivity index (χ1v) is 4.18. The Bertz CT molecular complexity index is 295. The fourth-order valence-corrected chi connectivity index (χ4v) is 1.03. The van der Waals surface area contributed by atoms with E-state index < -0.39 is 0 Å². The summed E-state index contributed by atoms with van der Waals surface area (Å²) in [6.07, 6.45) is 3.92. The SMILES string of the molecule is C=CC(C)(CO)Cc1ncnn1C. The Kier molecular flexibility index (Phi) is 2.83. The highest BCUT2D eigenvalue weighted by molar-refractivity contribution is 4.99. The average Bonchev–Trinajstić information content (AvgIpc) is 2.52. The molecular weight excluding hydrogens is 166 g/mol. The number of aromatic nitrogens is 3. The predicted molar refractivity (Wildman–Crippen MR) is 50.1 cm³/mol. The van der Waals surface area contributed by atoms with Crippen LogP contribution >= 0.6 is 0 Å². The molecule has 13 heavy (non-hydrogen) atoms. The molecule has 0 amide bonds. The maximum atomic E-state index is 9.15. The van der Waals surface area contributed by atoms with Gasteiger partial charge in [0.1, 0.15) is 12.2 Å². The second kappa shape index (κ2) is 3.70. The summed E-state index contributed by atoms with van der Waals surface area (Å²) < 4.78 is 1.71. The minimum Gasteiger partial charge on any atom is -0.395 e. The third-order valence-electron chi connectivity index (χ3n) is 2.22. The first-order chi connectivity index (χ1) is 6.11. The van der Waals surface area contributed by atoms with Gasteiger partial charge in [-0.3, -0.25) is 4.68 Å². The van der Waals surface area contributed by atoms with Gasteiger partial charge >= 0.3 is 0 Å². The van der Waals surface area contributed by atoms with Gasteiger partial charge in [0.15, 0.2) is 0 Å². The van der Waals surface area contributed by atoms with E-state index in [4.69, 9.17) is 5.11 Å². The molecule has 1 N–H and O–H groups in total. The Balaban J connectivity index is 2.78. The molecule has 0 aromatic carbocycles. The summed E-state index contributed by atoms with van der Waals surface area (Å²) in [5.41, 5.74) is -0.305. The molecule has 1 aromatic heterocycles. The van der Waals surface area contributed by atoms with E-state index in [1.54, 1.807) is 10.8 Å². The average molecular weight is 181 g/mol. The van der Waals surface area contributed by atoms with E-state index in [2.05, 4.69) is 16.7 Å². The van der Waals surface area contributed by atoms with Gasteiger partial charge in [-0.1, -0.05) is 13.0 Å². The zero-order valence-electron chi connectivity index (χ0n) is 8.06. The highest BCUT2D eigenvalue weighted by Crippen LogP contribution is 2.21. The molecule has 1 atom stereocenters. The lowest BCUT2D eigenvalue weighted by atomic mass is 9.88. The Morgan fingerprint density at radius 3 is 2.85 bits per heavy atom. The Morgan fingerprint density at radius 2 is 2.46 bits per heavy atom. The lowest BCUT2D eigenvalue weighted by Crippen LogP contribution is -2.23. The first-order valence-electron chi connectivity index (χ1n) is 4.18. The molecular formula is C9H15N3O. The normalized spacial score (nSPS) is 15.3. The van der Waals surface area contributed by atoms with Crippen LogP contribution in [0, 0.1) is 5.41 Å². The van der Waals surface area contributed by atoms with E-state index in [9.17, 15) is 0 Å². The smallest absolute Gasteiger partial charge is 0.138 e. The van der Waals surface area contributed by atoms with Crippen LogP contribution in [0.2, 0.25) is 0 Å². The lowest BCUT2D eigenvalue weighted by molar-refractivity contribution is 0.181. The van der Waals surface area contributed by atoms with Gasteiger partial charge < -0.3 is 5.11 Å². The molecule has 0 saturated carbocycles. The summed E-state index contributed by atoms with van der Waals surface area (Å²) in [4.78, 5) is 4.09. The largest absolute Gasteiger partial charge is 0.395 e. The molecule has 0 bridgehead atoms. The van der Waals surface area contributed by atoms with Crippen molar-refractivity contribution in [3.8, 4) is 0 Å². The lowest BCUT2D eigenvalue weighted by Gasteiger charge is -2.21. The van der Waals surface area contributed by atoms with E-state index in [-0.39, 0.29) is 12.0 Å². The first kappa shape index (κ1) is 9.92. The van der Waals surface area contributed by atoms with E-state index in [0.29, 0.717) is 6.42 Å². The maximum Gasteiger partial charge on any atom is 0.138 e. The predicted octanol–water partition coefficient (Wildman–Crippen LogP) is 0.542. The molecule has 1 rings (SSSR count). The van der Waals surface area contributed by atoms with Crippen molar-refractivity contribution in [2.45, 2.75) is 13.3 Å². The van der Waals surface area contributed by atoms with Crippen molar-refractivity contribution >= 4 is 0 Å². The topological polar surface area (TPSA) is 50.9 Å². The van der Waals surface area contributed by atoms with Crippen molar-refractivity contribution in [1.82, 2.24) is 14.8 Å². The highest BCUT2D eigenvalue weighted by Gasteiger charge is 2.21. The van der Waals surface area contributed by atoms with Gasteiger partial charge in [0.2, 0.25) is 0 Å². The second-order valence-electron chi connectivity index (χ2n) is 3.49. The van der Waals surface area contributed by atoms with Crippen molar-refractivity contribution in [2.75, 3.05) is 6.61 Å². The van der Waals surface area contributed by atoms with Gasteiger partial charge in [0, 0.05) is 18.9 Å². The molecule has 1 aromatic rings. The summed E-state index contributed by atoms with van der Waals surface area (Å²) in [7, 11) is 1.84. The van der Waals surface area contributed by atoms with E-state index in [1.807, 2.05) is 14.0 Å². The standard InChI is InChI=1S/C9H15N3O/c1-4-9(2,6-13)5-8-10-7-11-12(8)3/h4,7,13H,1,5-6H2,2-3H3. The maximum absolute atomic E-state index is 9.15. The van der Waals surface area contributed by atoms with Crippen LogP contribution in [0.3, 0.4) is 0 Å². The minimum atomic E-state index is -0.305. The molecule has 72 valence electrons. The number of hydrogen-bond donors (Lipinski definition) is 1. The summed E-state index contributed by atoms with van der Waals surface area (Å²) in [5, 5.41) is 13.1. The van der Waals surface area contributed by atoms with Crippen LogP contribution in [0.25, 0.3) is 0 Å². The van der Waals surface area contributed by atoms with E-state index in [1.165, 1.54) is 6.33 Å². The second-order valence-corrected chi connectivity index (χ2v) is 3.49. The van der Waals surface area contributed by atoms with Crippen molar-refractivity contribution in [1.29, 1.82) is 0 Å². The minimum absolute atomic E-state index is 0.0728. The van der Waals surface area contributed by atoms with Gasteiger partial charge in [0.05, 0.1) is 6.61 Å². The van der Waals surface area contributed by atoms with E-state index in [0.717, 1.165) is 5.82 Å². The molecule has 0 spiro atoms. The fraction of sp³-hybridized carbons (Fsp3) is 0.556. The third-order valence-corrected chi connectivity index (χ3v) is 2.22. The van der Waals surface area contributed by atoms with E-state index >= 15 is 0 Å². The number of aliphatic hydroxyl groups excluding tert-OH is 1. The van der Waals surface area contributed by atoms with Crippen LogP contribution in [0.5, 0.6) is 0 Å². The van der Waals surface area contributed by atoms with Crippen molar-refractivity contribution in [3.05, 3.63) is 24.8 Å². The number of hydrogen-bond acceptors (Lipinski definition) is 3. The van der Waals surface area contributed by atoms with Gasteiger partial charge in [-0.05, 0) is 0 Å². The van der Waals surface area contributed by atoms with Crippen LogP contribution < -0.4 is 0 Å². The quantitative estimate of drug-likeness (QED) is 0.690. The molecule has 1 heterocycles. The number of rotatable bonds is 4. The molecule has 4 heteroatoms. The fourth-order valence-electron chi connectivity index (χ4n) is 1.03. The highest BCUT2D eigenvalue weighted by atomic mass is 16.3. The van der Waals surface area contributed by atoms with Crippen LogP contribution in [0.15, 0.2) is 19.0 Å². The molecule has 0 aliphatic carbocycles. The summed E-state index contributed by atoms with van der Waals surface area (Å²) in [5.74, 6) is 0.858. The molecule has 0 saturated heterocycles. The number of nitrogens with zero attached hydrogens (tertiary/aromatic N) is 3. The molecule has 0 aliphatic rings. The summed E-state index contributed by atoms with van der Waals surface area (Å²) >= 11 is 0. The summed E-state index contributed by atoms with van der Waals surface area (Å²) in [6, 6.07) is 0. The van der Waals surface area contributed by atoms with Crippen molar-refractivity contribution < 1.29 is 5.11 Å². The molecule has 0 radical (unpaired) electrons. The monoisotopic (exact) mass is 181 g/mol. The van der Waals surface area contributed by atoms with Crippen LogP contribution in [-0.4, -0.2) is 26.5 Å².